The lowest BCUT2D eigenvalue weighted by Gasteiger charge is -2.14. The number of nitrogens with one attached hydrogen (secondary N) is 1. The molecule has 3 heterocycles. The molecule has 33 heavy (non-hydrogen) atoms. The predicted molar refractivity (Wildman–Crippen MR) is 127 cm³/mol. The Morgan fingerprint density at radius 3 is 2.58 bits per heavy atom. The number of fused-ring (bicyclic) bond motifs is 2. The molecule has 0 fully saturated rings. The smallest absolute Gasteiger partial charge is 0.272 e. The third kappa shape index (κ3) is 3.70. The molecule has 8 nitrogen and oxygen atoms in total. The molecule has 162 valence electrons. The van der Waals surface area contributed by atoms with E-state index in [9.17, 15) is 14.9 Å². The second kappa shape index (κ2) is 8.07. The first-order valence-electron chi connectivity index (χ1n) is 10.2. The molecule has 3 aromatic heterocycles. The summed E-state index contributed by atoms with van der Waals surface area (Å²) in [6.45, 7) is 3.97. The lowest BCUT2D eigenvalue weighted by atomic mass is 10.1. The van der Waals surface area contributed by atoms with E-state index in [1.165, 1.54) is 28.5 Å². The zero-order chi connectivity index (χ0) is 23.1. The van der Waals surface area contributed by atoms with Gasteiger partial charge in [-0.05, 0) is 49.2 Å². The van der Waals surface area contributed by atoms with E-state index in [0.717, 1.165) is 16.8 Å². The molecule has 0 aliphatic carbocycles. The van der Waals surface area contributed by atoms with Gasteiger partial charge in [0, 0.05) is 18.0 Å². The summed E-state index contributed by atoms with van der Waals surface area (Å²) in [7, 11) is 0. The fourth-order valence-electron chi connectivity index (χ4n) is 3.84. The van der Waals surface area contributed by atoms with Gasteiger partial charge in [-0.2, -0.15) is 5.26 Å². The number of para-hydroxylation sites is 1. The molecule has 1 N–H and O–H groups in total. The first-order valence-corrected chi connectivity index (χ1v) is 11.2. The molecule has 0 aliphatic rings. The van der Waals surface area contributed by atoms with Crippen molar-refractivity contribution in [1.82, 2.24) is 24.1 Å². The zero-order valence-electron chi connectivity index (χ0n) is 17.9. The summed E-state index contributed by atoms with van der Waals surface area (Å²) in [4.78, 5) is 35.1. The van der Waals surface area contributed by atoms with Crippen LogP contribution in [0.5, 0.6) is 0 Å². The standard InChI is InChI=1S/C24H18N6O2S/c1-14-7-15(2)9-18(8-14)29-23(32)19-5-3-4-6-20(19)28-24(29)33-13-17-10-21(31)30-22(27-17)16(11-25)12-26-30/h3-10,12,26H,13H2,1-2H3. The molecule has 0 spiro atoms. The summed E-state index contributed by atoms with van der Waals surface area (Å²) in [6, 6.07) is 16.6. The Morgan fingerprint density at radius 2 is 1.82 bits per heavy atom. The molecule has 0 aliphatic heterocycles. The van der Waals surface area contributed by atoms with Gasteiger partial charge in [-0.1, -0.05) is 30.0 Å². The van der Waals surface area contributed by atoms with Gasteiger partial charge in [0.25, 0.3) is 11.1 Å². The third-order valence-electron chi connectivity index (χ3n) is 5.23. The van der Waals surface area contributed by atoms with E-state index in [2.05, 4.69) is 10.1 Å². The second-order valence-electron chi connectivity index (χ2n) is 7.73. The van der Waals surface area contributed by atoms with E-state index in [-0.39, 0.29) is 22.3 Å². The van der Waals surface area contributed by atoms with Crippen LogP contribution >= 0.6 is 11.8 Å². The summed E-state index contributed by atoms with van der Waals surface area (Å²) < 4.78 is 2.84. The Morgan fingerprint density at radius 1 is 1.06 bits per heavy atom. The summed E-state index contributed by atoms with van der Waals surface area (Å²) in [5.41, 5.74) is 4.01. The summed E-state index contributed by atoms with van der Waals surface area (Å²) >= 11 is 1.32. The van der Waals surface area contributed by atoms with Gasteiger partial charge in [-0.25, -0.2) is 14.5 Å². The van der Waals surface area contributed by atoms with Gasteiger partial charge >= 0.3 is 0 Å². The van der Waals surface area contributed by atoms with Gasteiger partial charge in [0.2, 0.25) is 0 Å². The van der Waals surface area contributed by atoms with Crippen molar-refractivity contribution in [2.24, 2.45) is 0 Å². The fourth-order valence-corrected chi connectivity index (χ4v) is 4.75. The van der Waals surface area contributed by atoms with Crippen LogP contribution in [0.15, 0.2) is 69.5 Å². The maximum atomic E-state index is 13.5. The Labute approximate surface area is 192 Å². The number of thioether (sulfide) groups is 1. The van der Waals surface area contributed by atoms with Crippen LogP contribution in [0, 0.1) is 25.2 Å². The molecular weight excluding hydrogens is 436 g/mol. The molecule has 0 unspecified atom stereocenters. The molecule has 0 bridgehead atoms. The summed E-state index contributed by atoms with van der Waals surface area (Å²) in [5, 5.41) is 13.0. The normalized spacial score (nSPS) is 11.2. The third-order valence-corrected chi connectivity index (χ3v) is 6.20. The molecule has 0 saturated carbocycles. The molecule has 0 amide bonds. The van der Waals surface area contributed by atoms with Gasteiger partial charge in [-0.3, -0.25) is 19.3 Å². The highest BCUT2D eigenvalue weighted by Gasteiger charge is 2.15. The van der Waals surface area contributed by atoms with Crippen LogP contribution in [0.2, 0.25) is 0 Å². The van der Waals surface area contributed by atoms with E-state index >= 15 is 0 Å². The van der Waals surface area contributed by atoms with Crippen LogP contribution < -0.4 is 11.1 Å². The molecule has 0 saturated heterocycles. The number of aromatic amines is 1. The molecular formula is C24H18N6O2S. The number of rotatable bonds is 4. The van der Waals surface area contributed by atoms with Crippen LogP contribution in [-0.2, 0) is 5.75 Å². The number of H-pyrrole nitrogens is 1. The van der Waals surface area contributed by atoms with Crippen molar-refractivity contribution >= 4 is 28.3 Å². The minimum atomic E-state index is -0.310. The Bertz CT molecular complexity index is 1690. The summed E-state index contributed by atoms with van der Waals surface area (Å²) in [5.74, 6) is 0.303. The Balaban J connectivity index is 1.64. The van der Waals surface area contributed by atoms with Crippen molar-refractivity contribution in [3.8, 4) is 11.8 Å². The molecule has 0 atom stereocenters. The number of aryl methyl sites for hydroxylation is 2. The van der Waals surface area contributed by atoms with Crippen molar-refractivity contribution in [2.45, 2.75) is 24.8 Å². The van der Waals surface area contributed by atoms with E-state index < -0.39 is 0 Å². The van der Waals surface area contributed by atoms with Crippen LogP contribution in [0.3, 0.4) is 0 Å². The van der Waals surface area contributed by atoms with Crippen LogP contribution in [-0.4, -0.2) is 24.1 Å². The average molecular weight is 455 g/mol. The summed E-state index contributed by atoms with van der Waals surface area (Å²) in [6.07, 6.45) is 1.45. The lowest BCUT2D eigenvalue weighted by Crippen LogP contribution is -2.22. The van der Waals surface area contributed by atoms with E-state index in [4.69, 9.17) is 4.98 Å². The minimum Gasteiger partial charge on any atom is -0.295 e. The van der Waals surface area contributed by atoms with Crippen molar-refractivity contribution in [1.29, 1.82) is 5.26 Å². The Hall–Kier alpha value is -4.16. The highest BCUT2D eigenvalue weighted by Crippen LogP contribution is 2.25. The number of hydrogen-bond acceptors (Lipinski definition) is 6. The molecule has 9 heteroatoms. The second-order valence-corrected chi connectivity index (χ2v) is 8.67. The first kappa shape index (κ1) is 20.7. The monoisotopic (exact) mass is 454 g/mol. The number of nitriles is 1. The zero-order valence-corrected chi connectivity index (χ0v) is 18.7. The maximum absolute atomic E-state index is 13.5. The predicted octanol–water partition coefficient (Wildman–Crippen LogP) is 3.50. The molecule has 2 aromatic carbocycles. The molecule has 0 radical (unpaired) electrons. The van der Waals surface area contributed by atoms with Crippen molar-refractivity contribution in [2.75, 3.05) is 0 Å². The number of nitrogens with zero attached hydrogens (tertiary/aromatic N) is 5. The first-order chi connectivity index (χ1) is 15.9. The van der Waals surface area contributed by atoms with Crippen molar-refractivity contribution in [3.05, 3.63) is 97.8 Å². The quantitative estimate of drug-likeness (QED) is 0.329. The maximum Gasteiger partial charge on any atom is 0.272 e. The number of benzene rings is 2. The lowest BCUT2D eigenvalue weighted by molar-refractivity contribution is 0.817. The van der Waals surface area contributed by atoms with Crippen LogP contribution in [0.25, 0.3) is 22.2 Å². The highest BCUT2D eigenvalue weighted by atomic mass is 32.2. The van der Waals surface area contributed by atoms with Crippen molar-refractivity contribution in [3.63, 3.8) is 0 Å². The van der Waals surface area contributed by atoms with E-state index in [1.807, 2.05) is 56.3 Å². The topological polar surface area (TPSA) is 109 Å². The van der Waals surface area contributed by atoms with Crippen LogP contribution in [0.4, 0.5) is 0 Å². The van der Waals surface area contributed by atoms with Gasteiger partial charge in [0.1, 0.15) is 11.6 Å². The average Bonchev–Trinajstić information content (AvgIpc) is 3.21. The van der Waals surface area contributed by atoms with Crippen molar-refractivity contribution < 1.29 is 0 Å². The van der Waals surface area contributed by atoms with Gasteiger partial charge < -0.3 is 0 Å². The van der Waals surface area contributed by atoms with Gasteiger partial charge in [0.05, 0.1) is 22.3 Å². The largest absolute Gasteiger partial charge is 0.295 e. The fraction of sp³-hybridized carbons (Fsp3) is 0.125. The van der Waals surface area contributed by atoms with Gasteiger partial charge in [-0.15, -0.1) is 0 Å². The number of aromatic nitrogens is 5. The Kier molecular flexibility index (Phi) is 5.07. The number of hydrogen-bond donors (Lipinski definition) is 1. The minimum absolute atomic E-state index is 0.158. The molecule has 5 rings (SSSR count). The van der Waals surface area contributed by atoms with E-state index in [0.29, 0.717) is 27.5 Å². The van der Waals surface area contributed by atoms with Gasteiger partial charge in [0.15, 0.2) is 10.8 Å². The van der Waals surface area contributed by atoms with Crippen LogP contribution in [0.1, 0.15) is 22.4 Å². The van der Waals surface area contributed by atoms with E-state index in [1.54, 1.807) is 10.6 Å². The SMILES string of the molecule is Cc1cc(C)cc(-n2c(SCc3cc(=O)n4[nH]cc(C#N)c4n3)nc3ccccc3c2=O)c1. The highest BCUT2D eigenvalue weighted by molar-refractivity contribution is 7.98. The molecule has 5 aromatic rings.